The third-order valence-electron chi connectivity index (χ3n) is 2.91. The topological polar surface area (TPSA) is 95.9 Å². The molecule has 0 aliphatic carbocycles. The van der Waals surface area contributed by atoms with E-state index in [2.05, 4.69) is 5.32 Å². The minimum atomic E-state index is -1.12. The van der Waals surface area contributed by atoms with Crippen molar-refractivity contribution < 1.29 is 24.2 Å². The van der Waals surface area contributed by atoms with Gasteiger partial charge in [0.25, 0.3) is 0 Å². The second-order valence-corrected chi connectivity index (χ2v) is 4.82. The molecule has 0 atom stereocenters. The summed E-state index contributed by atoms with van der Waals surface area (Å²) < 4.78 is 4.96. The molecule has 8 heteroatoms. The second kappa shape index (κ2) is 6.55. The first-order chi connectivity index (χ1) is 9.97. The number of nitrogens with zero attached hydrogens (tertiary/aromatic N) is 1. The maximum absolute atomic E-state index is 11.9. The van der Waals surface area contributed by atoms with Crippen LogP contribution >= 0.6 is 11.6 Å². The van der Waals surface area contributed by atoms with E-state index in [-0.39, 0.29) is 35.3 Å². The number of morpholine rings is 1. The van der Waals surface area contributed by atoms with Gasteiger partial charge in [-0.25, -0.2) is 4.79 Å². The van der Waals surface area contributed by atoms with Crippen molar-refractivity contribution in [3.63, 3.8) is 0 Å². The van der Waals surface area contributed by atoms with Gasteiger partial charge in [0.15, 0.2) is 0 Å². The van der Waals surface area contributed by atoms with E-state index >= 15 is 0 Å². The molecule has 0 aromatic heterocycles. The zero-order chi connectivity index (χ0) is 15.4. The van der Waals surface area contributed by atoms with Crippen LogP contribution in [0.5, 0.6) is 0 Å². The van der Waals surface area contributed by atoms with E-state index in [0.717, 1.165) is 0 Å². The molecule has 112 valence electrons. The lowest BCUT2D eigenvalue weighted by Gasteiger charge is -2.26. The average molecular weight is 313 g/mol. The number of carboxylic acid groups (broad SMARTS) is 1. The van der Waals surface area contributed by atoms with Crippen molar-refractivity contribution in [1.82, 2.24) is 4.90 Å². The molecule has 1 aromatic rings. The zero-order valence-corrected chi connectivity index (χ0v) is 11.7. The Labute approximate surface area is 125 Å². The Hall–Kier alpha value is -2.12. The molecule has 1 aliphatic heterocycles. The summed E-state index contributed by atoms with van der Waals surface area (Å²) in [6.45, 7) is 0.557. The molecule has 1 fully saturated rings. The number of carboxylic acids is 1. The summed E-state index contributed by atoms with van der Waals surface area (Å²) in [5, 5.41) is 11.6. The van der Waals surface area contributed by atoms with Gasteiger partial charge in [0.1, 0.15) is 13.2 Å². The molecule has 2 N–H and O–H groups in total. The predicted octanol–water partition coefficient (Wildman–Crippen LogP) is 0.835. The number of carbonyl (C=O) groups excluding carboxylic acids is 2. The van der Waals surface area contributed by atoms with E-state index in [0.29, 0.717) is 13.2 Å². The van der Waals surface area contributed by atoms with Crippen LogP contribution in [0.1, 0.15) is 10.4 Å². The summed E-state index contributed by atoms with van der Waals surface area (Å²) in [6.07, 6.45) is 0. The Morgan fingerprint density at radius 3 is 2.86 bits per heavy atom. The Kier molecular flexibility index (Phi) is 4.77. The number of rotatable bonds is 4. The largest absolute Gasteiger partial charge is 0.478 e. The molecule has 0 bridgehead atoms. The van der Waals surface area contributed by atoms with Crippen molar-refractivity contribution in [2.45, 2.75) is 0 Å². The fourth-order valence-electron chi connectivity index (χ4n) is 1.83. The number of aromatic carboxylic acids is 1. The highest BCUT2D eigenvalue weighted by molar-refractivity contribution is 6.33. The van der Waals surface area contributed by atoms with Crippen LogP contribution in [0.15, 0.2) is 18.2 Å². The molecule has 1 aliphatic rings. The highest BCUT2D eigenvalue weighted by Crippen LogP contribution is 2.23. The first-order valence-corrected chi connectivity index (χ1v) is 6.53. The number of anilines is 1. The van der Waals surface area contributed by atoms with Gasteiger partial charge >= 0.3 is 5.97 Å². The first kappa shape index (κ1) is 15.3. The normalized spacial score (nSPS) is 14.9. The van der Waals surface area contributed by atoms with E-state index in [1.807, 2.05) is 0 Å². The molecule has 0 unspecified atom stereocenters. The number of hydrogen-bond acceptors (Lipinski definition) is 4. The SMILES string of the molecule is O=C(CN1CCOCC1=O)Nc1cc(C(=O)O)ccc1Cl. The number of benzene rings is 1. The van der Waals surface area contributed by atoms with Crippen molar-refractivity contribution in [1.29, 1.82) is 0 Å². The molecular weight excluding hydrogens is 300 g/mol. The fraction of sp³-hybridized carbons (Fsp3) is 0.308. The molecule has 2 amide bonds. The third kappa shape index (κ3) is 3.93. The standard InChI is InChI=1S/C13H13ClN2O5/c14-9-2-1-8(13(19)20)5-10(9)15-11(17)6-16-3-4-21-7-12(16)18/h1-2,5H,3-4,6-7H2,(H,15,17)(H,19,20). The molecule has 1 aromatic carbocycles. The lowest BCUT2D eigenvalue weighted by Crippen LogP contribution is -2.45. The lowest BCUT2D eigenvalue weighted by atomic mass is 10.2. The summed E-state index contributed by atoms with van der Waals surface area (Å²) >= 11 is 5.91. The summed E-state index contributed by atoms with van der Waals surface area (Å²) in [4.78, 5) is 35.7. The number of halogens is 1. The fourth-order valence-corrected chi connectivity index (χ4v) is 2.00. The minimum Gasteiger partial charge on any atom is -0.478 e. The number of nitrogens with one attached hydrogen (secondary N) is 1. The number of ether oxygens (including phenoxy) is 1. The maximum Gasteiger partial charge on any atom is 0.335 e. The van der Waals surface area contributed by atoms with E-state index in [9.17, 15) is 14.4 Å². The van der Waals surface area contributed by atoms with E-state index < -0.39 is 11.9 Å². The smallest absolute Gasteiger partial charge is 0.335 e. The van der Waals surface area contributed by atoms with Gasteiger partial charge in [-0.15, -0.1) is 0 Å². The highest BCUT2D eigenvalue weighted by Gasteiger charge is 2.21. The van der Waals surface area contributed by atoms with Crippen molar-refractivity contribution in [3.05, 3.63) is 28.8 Å². The van der Waals surface area contributed by atoms with Crippen LogP contribution in [0.3, 0.4) is 0 Å². The monoisotopic (exact) mass is 312 g/mol. The molecule has 1 saturated heterocycles. The van der Waals surface area contributed by atoms with Gasteiger partial charge in [-0.1, -0.05) is 11.6 Å². The maximum atomic E-state index is 11.9. The highest BCUT2D eigenvalue weighted by atomic mass is 35.5. The van der Waals surface area contributed by atoms with Gasteiger partial charge in [0.05, 0.1) is 22.9 Å². The van der Waals surface area contributed by atoms with Crippen LogP contribution < -0.4 is 5.32 Å². The van der Waals surface area contributed by atoms with Gasteiger partial charge in [0.2, 0.25) is 11.8 Å². The summed E-state index contributed by atoms with van der Waals surface area (Å²) in [7, 11) is 0. The molecule has 21 heavy (non-hydrogen) atoms. The van der Waals surface area contributed by atoms with Gasteiger partial charge in [-0.3, -0.25) is 9.59 Å². The van der Waals surface area contributed by atoms with E-state index in [4.69, 9.17) is 21.4 Å². The van der Waals surface area contributed by atoms with Gasteiger partial charge < -0.3 is 20.1 Å². The van der Waals surface area contributed by atoms with E-state index in [1.54, 1.807) is 0 Å². The number of amides is 2. The van der Waals surface area contributed by atoms with Gasteiger partial charge in [0, 0.05) is 6.54 Å². The van der Waals surface area contributed by atoms with Crippen LogP contribution in [0, 0.1) is 0 Å². The van der Waals surface area contributed by atoms with Crippen LogP contribution in [0.2, 0.25) is 5.02 Å². The van der Waals surface area contributed by atoms with Crippen LogP contribution in [0.25, 0.3) is 0 Å². The van der Waals surface area contributed by atoms with Crippen molar-refractivity contribution in [2.75, 3.05) is 31.6 Å². The Morgan fingerprint density at radius 1 is 1.43 bits per heavy atom. The Bertz CT molecular complexity index is 590. The van der Waals surface area contributed by atoms with Crippen LogP contribution in [-0.2, 0) is 14.3 Å². The molecule has 0 spiro atoms. The quantitative estimate of drug-likeness (QED) is 0.858. The van der Waals surface area contributed by atoms with Gasteiger partial charge in [-0.2, -0.15) is 0 Å². The summed E-state index contributed by atoms with van der Waals surface area (Å²) in [5.74, 6) is -1.83. The number of carbonyl (C=O) groups is 3. The average Bonchev–Trinajstić information content (AvgIpc) is 2.43. The molecule has 2 rings (SSSR count). The van der Waals surface area contributed by atoms with E-state index in [1.165, 1.54) is 23.1 Å². The lowest BCUT2D eigenvalue weighted by molar-refractivity contribution is -0.144. The predicted molar refractivity (Wildman–Crippen MR) is 74.4 cm³/mol. The Balaban J connectivity index is 2.03. The second-order valence-electron chi connectivity index (χ2n) is 4.42. The summed E-state index contributed by atoms with van der Waals surface area (Å²) in [6, 6.07) is 4.00. The molecule has 1 heterocycles. The molecule has 0 saturated carbocycles. The summed E-state index contributed by atoms with van der Waals surface area (Å²) in [5.41, 5.74) is 0.208. The van der Waals surface area contributed by atoms with Gasteiger partial charge in [-0.05, 0) is 18.2 Å². The minimum absolute atomic E-state index is 0.0112. The zero-order valence-electron chi connectivity index (χ0n) is 11.0. The van der Waals surface area contributed by atoms with Crippen molar-refractivity contribution >= 4 is 35.1 Å². The number of hydrogen-bond donors (Lipinski definition) is 2. The first-order valence-electron chi connectivity index (χ1n) is 6.15. The third-order valence-corrected chi connectivity index (χ3v) is 3.24. The Morgan fingerprint density at radius 2 is 2.19 bits per heavy atom. The van der Waals surface area contributed by atoms with Crippen molar-refractivity contribution in [2.24, 2.45) is 0 Å². The van der Waals surface area contributed by atoms with Crippen molar-refractivity contribution in [3.8, 4) is 0 Å². The molecule has 0 radical (unpaired) electrons. The molecular formula is C13H13ClN2O5. The molecule has 7 nitrogen and oxygen atoms in total. The van der Waals surface area contributed by atoms with Crippen LogP contribution in [0.4, 0.5) is 5.69 Å². The van der Waals surface area contributed by atoms with Crippen LogP contribution in [-0.4, -0.2) is 54.1 Å².